The van der Waals surface area contributed by atoms with Gasteiger partial charge in [-0.1, -0.05) is 11.6 Å². The summed E-state index contributed by atoms with van der Waals surface area (Å²) in [5, 5.41) is 3.55. The van der Waals surface area contributed by atoms with Gasteiger partial charge in [0.15, 0.2) is 0 Å². The molecular formula is C19H21ClN4O4S. The topological polar surface area (TPSA) is 93.0 Å². The van der Waals surface area contributed by atoms with Crippen molar-refractivity contribution >= 4 is 33.0 Å². The van der Waals surface area contributed by atoms with E-state index < -0.39 is 10.0 Å². The molecule has 0 saturated heterocycles. The predicted octanol–water partition coefficient (Wildman–Crippen LogP) is 2.61. The second kappa shape index (κ2) is 8.40. The van der Waals surface area contributed by atoms with Crippen LogP contribution in [-0.4, -0.2) is 42.8 Å². The molecule has 10 heteroatoms. The van der Waals surface area contributed by atoms with Gasteiger partial charge in [0.1, 0.15) is 16.3 Å². The highest BCUT2D eigenvalue weighted by molar-refractivity contribution is 7.89. The number of fused-ring (bicyclic) bond motifs is 1. The second-order valence-corrected chi connectivity index (χ2v) is 8.95. The predicted molar refractivity (Wildman–Crippen MR) is 112 cm³/mol. The number of hydrogen-bond donors (Lipinski definition) is 1. The Kier molecular flexibility index (Phi) is 6.11. The van der Waals surface area contributed by atoms with Crippen molar-refractivity contribution in [2.24, 2.45) is 0 Å². The maximum atomic E-state index is 12.6. The van der Waals surface area contributed by atoms with E-state index in [0.29, 0.717) is 28.7 Å². The first-order valence-electron chi connectivity index (χ1n) is 8.83. The molecule has 0 saturated carbocycles. The lowest BCUT2D eigenvalue weighted by molar-refractivity contribution is 0.330. The van der Waals surface area contributed by atoms with Crippen LogP contribution >= 0.6 is 11.6 Å². The molecule has 1 N–H and O–H groups in total. The average Bonchev–Trinajstić information content (AvgIpc) is 2.67. The van der Waals surface area contributed by atoms with Gasteiger partial charge in [-0.25, -0.2) is 17.7 Å². The molecule has 8 nitrogen and oxygen atoms in total. The zero-order chi connectivity index (χ0) is 21.2. The van der Waals surface area contributed by atoms with Crippen LogP contribution in [-0.2, 0) is 16.6 Å². The SMILES string of the molecule is CCOc1ccc(NCc2cc(=O)n3cc(Cl)ccc3n2)cc1S(=O)(=O)N(C)C. The van der Waals surface area contributed by atoms with Gasteiger partial charge >= 0.3 is 0 Å². The van der Waals surface area contributed by atoms with E-state index in [4.69, 9.17) is 16.3 Å². The molecule has 0 aliphatic rings. The third-order valence-electron chi connectivity index (χ3n) is 4.15. The van der Waals surface area contributed by atoms with Gasteiger partial charge in [-0.3, -0.25) is 9.20 Å². The molecule has 0 radical (unpaired) electrons. The number of ether oxygens (including phenoxy) is 1. The van der Waals surface area contributed by atoms with Crippen LogP contribution in [0.15, 0.2) is 52.3 Å². The Morgan fingerprint density at radius 1 is 1.21 bits per heavy atom. The van der Waals surface area contributed by atoms with E-state index in [1.807, 2.05) is 0 Å². The van der Waals surface area contributed by atoms with Gasteiger partial charge in [0.25, 0.3) is 5.56 Å². The zero-order valence-corrected chi connectivity index (χ0v) is 17.8. The molecule has 154 valence electrons. The van der Waals surface area contributed by atoms with Crippen LogP contribution < -0.4 is 15.6 Å². The minimum Gasteiger partial charge on any atom is -0.492 e. The Morgan fingerprint density at radius 2 is 1.97 bits per heavy atom. The number of nitrogens with one attached hydrogen (secondary N) is 1. The number of benzene rings is 1. The third kappa shape index (κ3) is 4.52. The summed E-state index contributed by atoms with van der Waals surface area (Å²) >= 11 is 5.92. The smallest absolute Gasteiger partial charge is 0.258 e. The van der Waals surface area contributed by atoms with Crippen LogP contribution in [0.4, 0.5) is 5.69 Å². The first kappa shape index (κ1) is 21.1. The quantitative estimate of drug-likeness (QED) is 0.612. The highest BCUT2D eigenvalue weighted by Crippen LogP contribution is 2.29. The van der Waals surface area contributed by atoms with Crippen LogP contribution in [0, 0.1) is 0 Å². The molecule has 0 unspecified atom stereocenters. The fraction of sp³-hybridized carbons (Fsp3) is 0.263. The molecule has 0 fully saturated rings. The van der Waals surface area contributed by atoms with Crippen LogP contribution in [0.5, 0.6) is 5.75 Å². The molecule has 29 heavy (non-hydrogen) atoms. The maximum Gasteiger partial charge on any atom is 0.258 e. The summed E-state index contributed by atoms with van der Waals surface area (Å²) in [6, 6.07) is 9.55. The Hall–Kier alpha value is -2.62. The molecule has 3 aromatic rings. The minimum atomic E-state index is -3.69. The van der Waals surface area contributed by atoms with Gasteiger partial charge in [0, 0.05) is 32.0 Å². The van der Waals surface area contributed by atoms with Crippen LogP contribution in [0.3, 0.4) is 0 Å². The molecule has 0 aliphatic heterocycles. The summed E-state index contributed by atoms with van der Waals surface area (Å²) in [4.78, 5) is 16.8. The minimum absolute atomic E-state index is 0.0653. The van der Waals surface area contributed by atoms with Crippen molar-refractivity contribution in [3.8, 4) is 5.75 Å². The normalized spacial score (nSPS) is 11.8. The van der Waals surface area contributed by atoms with Crippen LogP contribution in [0.2, 0.25) is 5.02 Å². The van der Waals surface area contributed by atoms with Crippen molar-refractivity contribution in [3.05, 3.63) is 63.7 Å². The summed E-state index contributed by atoms with van der Waals surface area (Å²) in [6.07, 6.45) is 1.51. The van der Waals surface area contributed by atoms with Gasteiger partial charge in [0.2, 0.25) is 10.0 Å². The molecule has 0 bridgehead atoms. The zero-order valence-electron chi connectivity index (χ0n) is 16.2. The molecular weight excluding hydrogens is 416 g/mol. The summed E-state index contributed by atoms with van der Waals surface area (Å²) < 4.78 is 33.2. The summed E-state index contributed by atoms with van der Waals surface area (Å²) in [5.74, 6) is 0.283. The van der Waals surface area contributed by atoms with Crippen molar-refractivity contribution in [1.29, 1.82) is 0 Å². The van der Waals surface area contributed by atoms with Crippen molar-refractivity contribution in [1.82, 2.24) is 13.7 Å². The monoisotopic (exact) mass is 436 g/mol. The lowest BCUT2D eigenvalue weighted by Crippen LogP contribution is -2.23. The van der Waals surface area contributed by atoms with E-state index >= 15 is 0 Å². The lowest BCUT2D eigenvalue weighted by atomic mass is 10.3. The second-order valence-electron chi connectivity index (χ2n) is 6.40. The van der Waals surface area contributed by atoms with Gasteiger partial charge in [-0.05, 0) is 37.3 Å². The van der Waals surface area contributed by atoms with Crippen molar-refractivity contribution in [3.63, 3.8) is 0 Å². The number of hydrogen-bond acceptors (Lipinski definition) is 6. The molecule has 3 rings (SSSR count). The standard InChI is InChI=1S/C19H21ClN4O4S/c1-4-28-16-7-6-14(9-17(16)29(26,27)23(2)3)21-11-15-10-19(25)24-12-13(20)5-8-18(24)22-15/h5-10,12,21H,4,11H2,1-3H3. The summed E-state index contributed by atoms with van der Waals surface area (Å²) in [7, 11) is -0.764. The highest BCUT2D eigenvalue weighted by atomic mass is 35.5. The number of nitrogens with zero attached hydrogens (tertiary/aromatic N) is 3. The largest absolute Gasteiger partial charge is 0.492 e. The fourth-order valence-electron chi connectivity index (χ4n) is 2.70. The number of anilines is 1. The van der Waals surface area contributed by atoms with Gasteiger partial charge < -0.3 is 10.1 Å². The Morgan fingerprint density at radius 3 is 2.66 bits per heavy atom. The highest BCUT2D eigenvalue weighted by Gasteiger charge is 2.23. The Labute approximate surface area is 173 Å². The molecule has 2 aromatic heterocycles. The number of aromatic nitrogens is 2. The van der Waals surface area contributed by atoms with E-state index in [9.17, 15) is 13.2 Å². The molecule has 0 aliphatic carbocycles. The van der Waals surface area contributed by atoms with E-state index in [2.05, 4.69) is 10.3 Å². The lowest BCUT2D eigenvalue weighted by Gasteiger charge is -2.17. The van der Waals surface area contributed by atoms with E-state index in [-0.39, 0.29) is 22.7 Å². The van der Waals surface area contributed by atoms with Gasteiger partial charge in [-0.15, -0.1) is 0 Å². The van der Waals surface area contributed by atoms with E-state index in [1.165, 1.54) is 36.8 Å². The number of halogens is 1. The van der Waals surface area contributed by atoms with Gasteiger partial charge in [0.05, 0.1) is 23.9 Å². The third-order valence-corrected chi connectivity index (χ3v) is 6.21. The van der Waals surface area contributed by atoms with Crippen molar-refractivity contribution in [2.75, 3.05) is 26.0 Å². The van der Waals surface area contributed by atoms with Crippen LogP contribution in [0.25, 0.3) is 5.65 Å². The average molecular weight is 437 g/mol. The molecule has 2 heterocycles. The van der Waals surface area contributed by atoms with Crippen molar-refractivity contribution in [2.45, 2.75) is 18.4 Å². The van der Waals surface area contributed by atoms with Crippen LogP contribution in [0.1, 0.15) is 12.6 Å². The molecule has 0 spiro atoms. The van der Waals surface area contributed by atoms with Gasteiger partial charge in [-0.2, -0.15) is 0 Å². The fourth-order valence-corrected chi connectivity index (χ4v) is 3.91. The first-order chi connectivity index (χ1) is 13.7. The maximum absolute atomic E-state index is 12.6. The van der Waals surface area contributed by atoms with E-state index in [1.54, 1.807) is 31.2 Å². The van der Waals surface area contributed by atoms with E-state index in [0.717, 1.165) is 4.31 Å². The summed E-state index contributed by atoms with van der Waals surface area (Å²) in [5.41, 5.74) is 1.30. The number of sulfonamides is 1. The molecule has 0 amide bonds. The first-order valence-corrected chi connectivity index (χ1v) is 10.6. The molecule has 0 atom stereocenters. The Bertz CT molecular complexity index is 1210. The number of rotatable bonds is 7. The van der Waals surface area contributed by atoms with Crippen molar-refractivity contribution < 1.29 is 13.2 Å². The molecule has 1 aromatic carbocycles. The Balaban J connectivity index is 1.90. The summed E-state index contributed by atoms with van der Waals surface area (Å²) in [6.45, 7) is 2.37. The number of pyridine rings is 1.